The maximum absolute atomic E-state index is 13.0. The van der Waals surface area contributed by atoms with E-state index in [1.54, 1.807) is 22.9 Å². The molecule has 25 heteroatoms. The second-order valence-electron chi connectivity index (χ2n) is 16.3. The number of nitrogens with zero attached hydrogens (tertiary/aromatic N) is 7. The van der Waals surface area contributed by atoms with Crippen LogP contribution in [-0.2, 0) is 16.4 Å². The molecule has 370 valence electrons. The van der Waals surface area contributed by atoms with Crippen LogP contribution in [0, 0.1) is 0 Å². The van der Waals surface area contributed by atoms with Gasteiger partial charge in [-0.25, -0.2) is 28.1 Å². The number of para-hydroxylation sites is 4. The number of benzene rings is 3. The number of ether oxygens (including phenoxy) is 1. The number of carbonyl (C=O) groups excluding carboxylic acids is 2. The number of carbonyl (C=O) groups is 2. The molecule has 7 heterocycles. The lowest BCUT2D eigenvalue weighted by molar-refractivity contribution is -0.0498. The highest BCUT2D eigenvalue weighted by molar-refractivity contribution is 8.15. The zero-order chi connectivity index (χ0) is 49.5. The Balaban J connectivity index is 0.000000176. The molecule has 10 rings (SSSR count). The highest BCUT2D eigenvalue weighted by atomic mass is 32.2. The Morgan fingerprint density at radius 2 is 1.41 bits per heavy atom. The van der Waals surface area contributed by atoms with Crippen molar-refractivity contribution in [2.45, 2.75) is 64.7 Å². The van der Waals surface area contributed by atoms with Crippen LogP contribution >= 0.6 is 57.5 Å². The van der Waals surface area contributed by atoms with Crippen molar-refractivity contribution in [3.05, 3.63) is 112 Å². The second kappa shape index (κ2) is 22.7. The molecule has 17 nitrogen and oxygen atoms in total. The monoisotopic (exact) mass is 1080 g/mol. The van der Waals surface area contributed by atoms with Gasteiger partial charge in [0.25, 0.3) is 22.9 Å². The number of fused-ring (bicyclic) bond motifs is 1. The molecule has 2 fully saturated rings. The summed E-state index contributed by atoms with van der Waals surface area (Å²) in [6.45, 7) is 0.191. The summed E-state index contributed by atoms with van der Waals surface area (Å²) in [7, 11) is -3.23. The van der Waals surface area contributed by atoms with Crippen molar-refractivity contribution in [1.82, 2.24) is 24.9 Å². The Labute approximate surface area is 427 Å². The average molecular weight is 1080 g/mol. The number of hydrogen-bond donors (Lipinski definition) is 4. The summed E-state index contributed by atoms with van der Waals surface area (Å²) in [4.78, 5) is 44.6. The molecule has 0 aliphatic carbocycles. The van der Waals surface area contributed by atoms with Gasteiger partial charge in [0.05, 0.1) is 44.6 Å². The number of aromatic nitrogens is 4. The molecule has 3 aromatic carbocycles. The first-order valence-electron chi connectivity index (χ1n) is 22.1. The molecule has 5 N–H and O–H groups in total. The molecule has 4 aromatic heterocycles. The largest absolute Gasteiger partial charge is 0.435 e. The van der Waals surface area contributed by atoms with E-state index in [0.29, 0.717) is 69.2 Å². The zero-order valence-corrected chi connectivity index (χ0v) is 42.6. The Morgan fingerprint density at radius 3 is 2.00 bits per heavy atom. The summed E-state index contributed by atoms with van der Waals surface area (Å²) >= 11 is 6.78. The van der Waals surface area contributed by atoms with E-state index in [0.717, 1.165) is 64.2 Å². The van der Waals surface area contributed by atoms with E-state index in [9.17, 15) is 26.8 Å². The van der Waals surface area contributed by atoms with Gasteiger partial charge in [0.15, 0.2) is 8.68 Å². The fourth-order valence-corrected chi connectivity index (χ4v) is 12.8. The first-order chi connectivity index (χ1) is 34.3. The lowest BCUT2D eigenvalue weighted by Crippen LogP contribution is -2.44. The van der Waals surface area contributed by atoms with Crippen LogP contribution in [-0.4, -0.2) is 96.6 Å². The van der Waals surface area contributed by atoms with Crippen LogP contribution in [0.25, 0.3) is 10.8 Å². The number of sulfonamides is 1. The number of nitrogens with one attached hydrogen (secondary N) is 3. The lowest BCUT2D eigenvalue weighted by Gasteiger charge is -2.34. The number of piperidine rings is 2. The number of anilines is 4. The molecule has 2 amide bonds. The van der Waals surface area contributed by atoms with Crippen molar-refractivity contribution in [3.8, 4) is 16.5 Å². The van der Waals surface area contributed by atoms with Crippen LogP contribution < -0.4 is 35.6 Å². The third kappa shape index (κ3) is 13.4. The topological polar surface area (TPSA) is 223 Å². The smallest absolute Gasteiger partial charge is 0.387 e. The van der Waals surface area contributed by atoms with Crippen LogP contribution in [0.3, 0.4) is 0 Å². The average Bonchev–Trinajstić information content (AvgIpc) is 4.22. The molecular formula is C46H45F2N11O6S6. The summed E-state index contributed by atoms with van der Waals surface area (Å²) in [6, 6.07) is 24.0. The van der Waals surface area contributed by atoms with Crippen LogP contribution in [0.4, 0.5) is 37.2 Å². The zero-order valence-electron chi connectivity index (χ0n) is 37.7. The van der Waals surface area contributed by atoms with Gasteiger partial charge in [0.2, 0.25) is 10.0 Å². The number of nitrogens with two attached hydrogens (primary N) is 1. The van der Waals surface area contributed by atoms with Crippen molar-refractivity contribution < 1.29 is 35.9 Å². The molecule has 0 radical (unpaired) electrons. The number of rotatable bonds is 14. The molecular weight excluding hydrogens is 1030 g/mol. The van der Waals surface area contributed by atoms with Crippen LogP contribution in [0.15, 0.2) is 118 Å². The first kappa shape index (κ1) is 50.2. The summed E-state index contributed by atoms with van der Waals surface area (Å²) in [6.07, 6.45) is 4.88. The van der Waals surface area contributed by atoms with Crippen molar-refractivity contribution in [3.63, 3.8) is 0 Å². The third-order valence-corrected chi connectivity index (χ3v) is 16.5. The molecule has 71 heavy (non-hydrogen) atoms. The van der Waals surface area contributed by atoms with Gasteiger partial charge in [-0.15, -0.1) is 44.2 Å². The summed E-state index contributed by atoms with van der Waals surface area (Å²) in [5.74, 6) is -0.0282. The number of alkyl halides is 2. The molecule has 7 aromatic rings. The predicted octanol–water partition coefficient (Wildman–Crippen LogP) is 9.48. The van der Waals surface area contributed by atoms with Gasteiger partial charge in [-0.05, 0) is 96.9 Å². The Hall–Kier alpha value is -5.80. The van der Waals surface area contributed by atoms with Crippen molar-refractivity contribution >= 4 is 113 Å². The van der Waals surface area contributed by atoms with E-state index >= 15 is 0 Å². The number of halogens is 2. The number of aliphatic imine (C=N–C) groups is 1. The standard InChI is InChI=1S/C24H23F2N5O2S2.C22H22N6O4S4/c25-23(26)33-16-5-6-17-14(11-16)12-21(28-17)35-24-30-19(13-34-24)22(32)29-18-3-1-2-4-20(18)31-9-7-15(27)8-10-31;1-36(30,31)27-14-8-10-28(11-9-14)17-6-3-2-5-15(17)23-19(29)16-13-34-22(24-16)35-21-26-25-20(32-21)18-7-4-12-33-18/h1-6,11,13,15,23H,7-10,12,27H2,(H,29,32);2-7,12-14,27H,8-11H2,1H3,(H,23,29). The molecule has 0 atom stereocenters. The fourth-order valence-electron chi connectivity index (χ4n) is 7.89. The third-order valence-electron chi connectivity index (χ3n) is 11.2. The molecule has 3 aliphatic heterocycles. The van der Waals surface area contributed by atoms with Gasteiger partial charge in [-0.3, -0.25) is 9.59 Å². The first-order valence-corrected chi connectivity index (χ1v) is 28.3. The lowest BCUT2D eigenvalue weighted by atomic mass is 10.0. The van der Waals surface area contributed by atoms with Crippen molar-refractivity contribution in [1.29, 1.82) is 0 Å². The molecule has 2 saturated heterocycles. The highest BCUT2D eigenvalue weighted by Crippen LogP contribution is 2.38. The molecule has 0 spiro atoms. The van der Waals surface area contributed by atoms with Gasteiger partial charge in [-0.2, -0.15) is 8.78 Å². The van der Waals surface area contributed by atoms with Crippen LogP contribution in [0.1, 0.15) is 52.2 Å². The normalized spacial score (nSPS) is 15.3. The molecule has 3 aliphatic rings. The van der Waals surface area contributed by atoms with Gasteiger partial charge in [-0.1, -0.05) is 30.3 Å². The van der Waals surface area contributed by atoms with Crippen molar-refractivity contribution in [2.75, 3.05) is 52.9 Å². The van der Waals surface area contributed by atoms with Gasteiger partial charge >= 0.3 is 6.61 Å². The van der Waals surface area contributed by atoms with E-state index in [2.05, 4.69) is 55.1 Å². The highest BCUT2D eigenvalue weighted by Gasteiger charge is 2.26. The number of thiophene rings is 1. The summed E-state index contributed by atoms with van der Waals surface area (Å²) in [5, 5.41) is 20.6. The Bertz CT molecular complexity index is 3120. The number of thiazole rings is 2. The van der Waals surface area contributed by atoms with E-state index in [4.69, 9.17) is 10.2 Å². The summed E-state index contributed by atoms with van der Waals surface area (Å²) < 4.78 is 62.1. The minimum atomic E-state index is -3.23. The van der Waals surface area contributed by atoms with E-state index in [1.165, 1.54) is 69.9 Å². The van der Waals surface area contributed by atoms with E-state index in [-0.39, 0.29) is 29.6 Å². The predicted molar refractivity (Wildman–Crippen MR) is 277 cm³/mol. The van der Waals surface area contributed by atoms with Gasteiger partial charge in [0, 0.05) is 67.2 Å². The Morgan fingerprint density at radius 1 is 0.803 bits per heavy atom. The molecule has 0 saturated carbocycles. The number of thioether (sulfide) groups is 1. The Kier molecular flexibility index (Phi) is 16.1. The van der Waals surface area contributed by atoms with Gasteiger partial charge < -0.3 is 35.3 Å². The maximum Gasteiger partial charge on any atom is 0.387 e. The molecule has 0 unspecified atom stereocenters. The fraction of sp³-hybridized carbons (Fsp3) is 0.283. The summed E-state index contributed by atoms with van der Waals surface area (Å²) in [5.41, 5.74) is 11.5. The number of amides is 2. The minimum absolute atomic E-state index is 0.0795. The quantitative estimate of drug-likeness (QED) is 0.0796. The maximum atomic E-state index is 13.0. The van der Waals surface area contributed by atoms with E-state index < -0.39 is 16.6 Å². The van der Waals surface area contributed by atoms with Gasteiger partial charge in [0.1, 0.15) is 17.1 Å². The molecule has 0 bridgehead atoms. The number of hydrogen-bond acceptors (Lipinski definition) is 19. The SMILES string of the molecule is CS(=O)(=O)NC1CCN(c2ccccc2NC(=O)c2csc(Sc3nnc(-c4cccs4)o3)n2)CC1.NC1CCN(c2ccccc2NC(=O)c2csc(SC3=Nc4ccc(OC(F)F)cc4C3)n2)CC1. The minimum Gasteiger partial charge on any atom is -0.435 e. The second-order valence-corrected chi connectivity index (χ2v) is 23.3. The van der Waals surface area contributed by atoms with Crippen molar-refractivity contribution in [2.24, 2.45) is 10.7 Å². The van der Waals surface area contributed by atoms with E-state index in [1.807, 2.05) is 66.0 Å². The van der Waals surface area contributed by atoms with Crippen LogP contribution in [0.2, 0.25) is 0 Å². The van der Waals surface area contributed by atoms with Crippen LogP contribution in [0.5, 0.6) is 5.75 Å².